The lowest BCUT2D eigenvalue weighted by atomic mass is 10.2. The van der Waals surface area contributed by atoms with Gasteiger partial charge in [0.05, 0.1) is 17.0 Å². The minimum atomic E-state index is -0.150. The number of amides is 1. The van der Waals surface area contributed by atoms with Crippen LogP contribution in [-0.4, -0.2) is 22.9 Å². The zero-order valence-corrected chi connectivity index (χ0v) is 13.5. The molecule has 0 saturated heterocycles. The maximum atomic E-state index is 11.6. The van der Waals surface area contributed by atoms with Crippen LogP contribution in [0, 0.1) is 3.57 Å². The fourth-order valence-electron chi connectivity index (χ4n) is 1.37. The van der Waals surface area contributed by atoms with E-state index in [1.807, 2.05) is 42.5 Å². The highest BCUT2D eigenvalue weighted by molar-refractivity contribution is 14.1. The zero-order chi connectivity index (χ0) is 14.2. The van der Waals surface area contributed by atoms with Crippen molar-refractivity contribution in [3.05, 3.63) is 57.8 Å². The van der Waals surface area contributed by atoms with Gasteiger partial charge >= 0.3 is 0 Å². The van der Waals surface area contributed by atoms with Crippen LogP contribution in [0.1, 0.15) is 5.56 Å². The molecule has 0 unspecified atom stereocenters. The molecule has 0 radical (unpaired) electrons. The molecule has 0 aliphatic rings. The minimum Gasteiger partial charge on any atom is -0.272 e. The Morgan fingerprint density at radius 1 is 1.35 bits per heavy atom. The highest BCUT2D eigenvalue weighted by Crippen LogP contribution is 2.12. The molecular weight excluding hydrogens is 385 g/mol. The van der Waals surface area contributed by atoms with Crippen molar-refractivity contribution in [2.75, 3.05) is 5.75 Å². The minimum absolute atomic E-state index is 0.150. The summed E-state index contributed by atoms with van der Waals surface area (Å²) in [6.07, 6.45) is 3.33. The molecule has 0 saturated carbocycles. The zero-order valence-electron chi connectivity index (χ0n) is 10.5. The van der Waals surface area contributed by atoms with Gasteiger partial charge in [-0.3, -0.25) is 4.79 Å². The number of hydrazone groups is 1. The Balaban J connectivity index is 1.78. The van der Waals surface area contributed by atoms with Gasteiger partial charge in [-0.25, -0.2) is 10.4 Å². The molecule has 2 aromatic rings. The molecular formula is C14H12IN3OS. The molecule has 0 atom stereocenters. The van der Waals surface area contributed by atoms with E-state index < -0.39 is 0 Å². The third-order valence-corrected chi connectivity index (χ3v) is 3.86. The van der Waals surface area contributed by atoms with E-state index in [2.05, 4.69) is 38.1 Å². The maximum Gasteiger partial charge on any atom is 0.250 e. The van der Waals surface area contributed by atoms with E-state index in [1.54, 1.807) is 12.4 Å². The lowest BCUT2D eigenvalue weighted by Crippen LogP contribution is -2.19. The van der Waals surface area contributed by atoms with Gasteiger partial charge in [0.2, 0.25) is 5.91 Å². The number of rotatable bonds is 5. The van der Waals surface area contributed by atoms with Crippen LogP contribution in [0.3, 0.4) is 0 Å². The van der Waals surface area contributed by atoms with Crippen LogP contribution >= 0.6 is 34.4 Å². The molecule has 0 aliphatic carbocycles. The van der Waals surface area contributed by atoms with E-state index in [-0.39, 0.29) is 5.91 Å². The summed E-state index contributed by atoms with van der Waals surface area (Å²) in [5.74, 6) is 0.142. The van der Waals surface area contributed by atoms with Crippen LogP contribution < -0.4 is 5.43 Å². The number of carbonyl (C=O) groups is 1. The molecule has 0 spiro atoms. The monoisotopic (exact) mass is 397 g/mol. The smallest absolute Gasteiger partial charge is 0.250 e. The second-order valence-corrected chi connectivity index (χ2v) is 6.05. The van der Waals surface area contributed by atoms with Crippen molar-refractivity contribution in [1.29, 1.82) is 0 Å². The quantitative estimate of drug-likeness (QED) is 0.365. The maximum absolute atomic E-state index is 11.6. The molecule has 0 fully saturated rings. The number of nitrogens with zero attached hydrogens (tertiary/aromatic N) is 2. The summed E-state index contributed by atoms with van der Waals surface area (Å²) in [5.41, 5.74) is 3.45. The fraction of sp³-hybridized carbons (Fsp3) is 0.0714. The van der Waals surface area contributed by atoms with Crippen LogP contribution in [0.25, 0.3) is 0 Å². The molecule has 20 heavy (non-hydrogen) atoms. The van der Waals surface area contributed by atoms with E-state index >= 15 is 0 Å². The van der Waals surface area contributed by atoms with E-state index in [4.69, 9.17) is 0 Å². The number of carbonyl (C=O) groups excluding carboxylic acids is 1. The summed E-state index contributed by atoms with van der Waals surface area (Å²) in [5, 5.41) is 4.76. The number of halogens is 1. The predicted molar refractivity (Wildman–Crippen MR) is 89.9 cm³/mol. The Morgan fingerprint density at radius 3 is 3.00 bits per heavy atom. The summed E-state index contributed by atoms with van der Waals surface area (Å²) in [6.45, 7) is 0. The van der Waals surface area contributed by atoms with Crippen LogP contribution in [0.4, 0.5) is 0 Å². The second kappa shape index (κ2) is 8.01. The Labute approximate surface area is 135 Å². The van der Waals surface area contributed by atoms with Gasteiger partial charge < -0.3 is 0 Å². The third-order valence-electron chi connectivity index (χ3n) is 2.24. The van der Waals surface area contributed by atoms with Crippen molar-refractivity contribution in [2.24, 2.45) is 5.10 Å². The van der Waals surface area contributed by atoms with Crippen LogP contribution in [0.2, 0.25) is 0 Å². The lowest BCUT2D eigenvalue weighted by Gasteiger charge is -1.99. The Morgan fingerprint density at radius 2 is 2.25 bits per heavy atom. The number of aromatic nitrogens is 1. The highest BCUT2D eigenvalue weighted by Gasteiger charge is 2.01. The first kappa shape index (κ1) is 15.0. The number of thioether (sulfide) groups is 1. The van der Waals surface area contributed by atoms with E-state index in [0.29, 0.717) is 5.75 Å². The molecule has 4 nitrogen and oxygen atoms in total. The Bertz CT molecular complexity index is 604. The molecule has 1 aromatic heterocycles. The van der Waals surface area contributed by atoms with Crippen molar-refractivity contribution in [1.82, 2.24) is 10.4 Å². The van der Waals surface area contributed by atoms with Gasteiger partial charge in [-0.05, 0) is 52.4 Å². The second-order valence-electron chi connectivity index (χ2n) is 3.80. The predicted octanol–water partition coefficient (Wildman–Crippen LogP) is 2.93. The average molecular weight is 397 g/mol. The molecule has 1 N–H and O–H groups in total. The fourth-order valence-corrected chi connectivity index (χ4v) is 2.59. The first-order valence-corrected chi connectivity index (χ1v) is 7.92. The van der Waals surface area contributed by atoms with E-state index in [0.717, 1.165) is 14.2 Å². The first-order chi connectivity index (χ1) is 9.74. The normalized spacial score (nSPS) is 10.7. The number of hydrogen-bond donors (Lipinski definition) is 1. The van der Waals surface area contributed by atoms with Crippen molar-refractivity contribution in [2.45, 2.75) is 5.03 Å². The topological polar surface area (TPSA) is 54.4 Å². The van der Waals surface area contributed by atoms with Gasteiger partial charge in [-0.2, -0.15) is 5.10 Å². The number of hydrogen-bond acceptors (Lipinski definition) is 4. The Kier molecular flexibility index (Phi) is 6.00. The molecule has 2 rings (SSSR count). The largest absolute Gasteiger partial charge is 0.272 e. The van der Waals surface area contributed by atoms with Crippen molar-refractivity contribution >= 4 is 46.5 Å². The molecule has 102 valence electrons. The highest BCUT2D eigenvalue weighted by atomic mass is 127. The van der Waals surface area contributed by atoms with Gasteiger partial charge in [0.25, 0.3) is 0 Å². The van der Waals surface area contributed by atoms with Gasteiger partial charge in [0.15, 0.2) is 0 Å². The van der Waals surface area contributed by atoms with Crippen LogP contribution in [0.15, 0.2) is 58.8 Å². The standard InChI is InChI=1S/C14H12IN3OS/c15-12-5-3-4-11(8-12)9-17-18-13(19)10-20-14-6-1-2-7-16-14/h1-9H,10H2,(H,18,19). The van der Waals surface area contributed by atoms with Crippen LogP contribution in [0.5, 0.6) is 0 Å². The van der Waals surface area contributed by atoms with Gasteiger partial charge in [-0.1, -0.05) is 30.0 Å². The summed E-state index contributed by atoms with van der Waals surface area (Å²) in [7, 11) is 0. The third kappa shape index (κ3) is 5.30. The SMILES string of the molecule is O=C(CSc1ccccn1)NN=Cc1cccc(I)c1. The van der Waals surface area contributed by atoms with Crippen molar-refractivity contribution in [3.8, 4) is 0 Å². The summed E-state index contributed by atoms with van der Waals surface area (Å²) in [4.78, 5) is 15.7. The summed E-state index contributed by atoms with van der Waals surface area (Å²) >= 11 is 3.61. The van der Waals surface area contributed by atoms with Crippen LogP contribution in [-0.2, 0) is 4.79 Å². The molecule has 1 amide bonds. The molecule has 0 aliphatic heterocycles. The average Bonchev–Trinajstić information content (AvgIpc) is 2.46. The van der Waals surface area contributed by atoms with Crippen molar-refractivity contribution in [3.63, 3.8) is 0 Å². The number of pyridine rings is 1. The molecule has 6 heteroatoms. The van der Waals surface area contributed by atoms with Gasteiger partial charge in [-0.15, -0.1) is 0 Å². The van der Waals surface area contributed by atoms with Crippen molar-refractivity contribution < 1.29 is 4.79 Å². The first-order valence-electron chi connectivity index (χ1n) is 5.85. The molecule has 1 heterocycles. The lowest BCUT2D eigenvalue weighted by molar-refractivity contribution is -0.118. The Hall–Kier alpha value is -1.41. The summed E-state index contributed by atoms with van der Waals surface area (Å²) < 4.78 is 1.13. The van der Waals surface area contributed by atoms with E-state index in [9.17, 15) is 4.79 Å². The van der Waals surface area contributed by atoms with E-state index in [1.165, 1.54) is 11.8 Å². The molecule has 1 aromatic carbocycles. The summed E-state index contributed by atoms with van der Waals surface area (Å²) in [6, 6.07) is 13.5. The number of benzene rings is 1. The van der Waals surface area contributed by atoms with Gasteiger partial charge in [0, 0.05) is 9.77 Å². The molecule has 0 bridgehead atoms. The number of nitrogens with one attached hydrogen (secondary N) is 1. The van der Waals surface area contributed by atoms with Gasteiger partial charge in [0.1, 0.15) is 0 Å².